The number of nitrogens with zero attached hydrogens (tertiary/aromatic N) is 1. The van der Waals surface area contributed by atoms with Crippen molar-refractivity contribution in [2.75, 3.05) is 39.5 Å². The summed E-state index contributed by atoms with van der Waals surface area (Å²) in [6.45, 7) is 12.7. The van der Waals surface area contributed by atoms with Gasteiger partial charge in [-0.2, -0.15) is 0 Å². The zero-order chi connectivity index (χ0) is 21.0. The predicted molar refractivity (Wildman–Crippen MR) is 107 cm³/mol. The molecule has 0 aliphatic carbocycles. The van der Waals surface area contributed by atoms with E-state index in [1.807, 2.05) is 0 Å². The molecule has 1 aromatic rings. The Bertz CT molecular complexity index is 581. The molecule has 1 aromatic carbocycles. The smallest absolute Gasteiger partial charge is 0.414 e. The molecule has 0 amide bonds. The molecule has 7 heteroatoms. The van der Waals surface area contributed by atoms with Crippen molar-refractivity contribution < 1.29 is 29.3 Å². The van der Waals surface area contributed by atoms with E-state index in [4.69, 9.17) is 29.3 Å². The van der Waals surface area contributed by atoms with Gasteiger partial charge in [-0.25, -0.2) is 9.59 Å². The number of rotatable bonds is 8. The van der Waals surface area contributed by atoms with E-state index in [0.717, 1.165) is 58.0 Å². The molecule has 1 fully saturated rings. The van der Waals surface area contributed by atoms with Gasteiger partial charge in [0.05, 0.1) is 19.8 Å². The fourth-order valence-electron chi connectivity index (χ4n) is 2.66. The number of carboxylic acid groups (broad SMARTS) is 2. The van der Waals surface area contributed by atoms with Gasteiger partial charge in [0.2, 0.25) is 0 Å². The van der Waals surface area contributed by atoms with Gasteiger partial charge >= 0.3 is 11.9 Å². The molecular weight excluding hydrogens is 362 g/mol. The highest BCUT2D eigenvalue weighted by Gasteiger charge is 2.17. The molecule has 0 spiro atoms. The number of morpholine rings is 1. The van der Waals surface area contributed by atoms with E-state index < -0.39 is 11.9 Å². The predicted octanol–water partition coefficient (Wildman–Crippen LogP) is 3.02. The van der Waals surface area contributed by atoms with E-state index in [9.17, 15) is 0 Å². The van der Waals surface area contributed by atoms with Gasteiger partial charge in [-0.15, -0.1) is 0 Å². The fourth-order valence-corrected chi connectivity index (χ4v) is 2.66. The van der Waals surface area contributed by atoms with Gasteiger partial charge in [0.1, 0.15) is 5.75 Å². The third kappa shape index (κ3) is 9.19. The molecule has 0 radical (unpaired) electrons. The SMILES string of the molecule is CCC(C)(C)c1ccc(OCCCCN2CCOCC2)cc1.O=C(O)C(=O)O. The Hall–Kier alpha value is -2.12. The first-order valence-electron chi connectivity index (χ1n) is 9.76. The molecule has 2 rings (SSSR count). The van der Waals surface area contributed by atoms with Gasteiger partial charge in [-0.1, -0.05) is 32.9 Å². The Morgan fingerprint density at radius 3 is 2.14 bits per heavy atom. The van der Waals surface area contributed by atoms with Crippen molar-refractivity contribution in [3.8, 4) is 5.75 Å². The minimum absolute atomic E-state index is 0.247. The molecule has 28 heavy (non-hydrogen) atoms. The molecule has 0 saturated carbocycles. The van der Waals surface area contributed by atoms with Crippen LogP contribution in [0.25, 0.3) is 0 Å². The van der Waals surface area contributed by atoms with Crippen LogP contribution < -0.4 is 4.74 Å². The number of aliphatic carboxylic acids is 2. The van der Waals surface area contributed by atoms with Crippen LogP contribution in [0.2, 0.25) is 0 Å². The van der Waals surface area contributed by atoms with Gasteiger partial charge < -0.3 is 19.7 Å². The first-order valence-corrected chi connectivity index (χ1v) is 9.76. The van der Waals surface area contributed by atoms with Crippen molar-refractivity contribution in [2.24, 2.45) is 0 Å². The molecule has 7 nitrogen and oxygen atoms in total. The lowest BCUT2D eigenvalue weighted by Crippen LogP contribution is -2.36. The summed E-state index contributed by atoms with van der Waals surface area (Å²) in [4.78, 5) is 20.7. The van der Waals surface area contributed by atoms with Crippen LogP contribution in [-0.2, 0) is 19.7 Å². The first-order chi connectivity index (χ1) is 13.3. The highest BCUT2D eigenvalue weighted by atomic mass is 16.5. The molecular formula is C21H33NO6. The zero-order valence-corrected chi connectivity index (χ0v) is 17.1. The van der Waals surface area contributed by atoms with Crippen LogP contribution in [0.1, 0.15) is 45.6 Å². The summed E-state index contributed by atoms with van der Waals surface area (Å²) in [5, 5.41) is 14.8. The molecule has 1 heterocycles. The van der Waals surface area contributed by atoms with Gasteiger partial charge in [0.15, 0.2) is 0 Å². The van der Waals surface area contributed by atoms with E-state index in [2.05, 4.69) is 49.9 Å². The monoisotopic (exact) mass is 395 g/mol. The second kappa shape index (κ2) is 12.4. The second-order valence-electron chi connectivity index (χ2n) is 7.38. The molecule has 0 aromatic heterocycles. The maximum Gasteiger partial charge on any atom is 0.414 e. The van der Waals surface area contributed by atoms with E-state index in [1.54, 1.807) is 0 Å². The third-order valence-electron chi connectivity index (χ3n) is 4.94. The highest BCUT2D eigenvalue weighted by Crippen LogP contribution is 2.28. The lowest BCUT2D eigenvalue weighted by Gasteiger charge is -2.26. The number of unbranched alkanes of at least 4 members (excludes halogenated alkanes) is 1. The standard InChI is InChI=1S/C19H31NO2.C2H2O4/c1-4-19(2,3)17-7-9-18(10-8-17)22-14-6-5-11-20-12-15-21-16-13-20;3-1(4)2(5)6/h7-10H,4-6,11-16H2,1-3H3;(H,3,4)(H,5,6). The van der Waals surface area contributed by atoms with Gasteiger partial charge in [-0.3, -0.25) is 4.90 Å². The topological polar surface area (TPSA) is 96.3 Å². The van der Waals surface area contributed by atoms with Crippen LogP contribution in [0.3, 0.4) is 0 Å². The Morgan fingerprint density at radius 1 is 1.07 bits per heavy atom. The summed E-state index contributed by atoms with van der Waals surface area (Å²) in [5.74, 6) is -2.66. The largest absolute Gasteiger partial charge is 0.494 e. The van der Waals surface area contributed by atoms with Gasteiger partial charge in [0.25, 0.3) is 0 Å². The van der Waals surface area contributed by atoms with Crippen LogP contribution in [0.4, 0.5) is 0 Å². The normalized spacial score (nSPS) is 14.7. The maximum atomic E-state index is 9.10. The molecule has 0 atom stereocenters. The summed E-state index contributed by atoms with van der Waals surface area (Å²) >= 11 is 0. The van der Waals surface area contributed by atoms with E-state index in [0.29, 0.717) is 0 Å². The minimum atomic E-state index is -1.82. The molecule has 158 valence electrons. The average molecular weight is 395 g/mol. The number of hydrogen-bond donors (Lipinski definition) is 2. The molecule has 2 N–H and O–H groups in total. The zero-order valence-electron chi connectivity index (χ0n) is 17.1. The molecule has 0 bridgehead atoms. The van der Waals surface area contributed by atoms with Crippen molar-refractivity contribution in [3.05, 3.63) is 29.8 Å². The molecule has 1 saturated heterocycles. The Labute approximate surface area is 167 Å². The van der Waals surface area contributed by atoms with Crippen molar-refractivity contribution >= 4 is 11.9 Å². The number of benzene rings is 1. The van der Waals surface area contributed by atoms with Crippen LogP contribution in [-0.4, -0.2) is 66.5 Å². The Kier molecular flexibility index (Phi) is 10.6. The van der Waals surface area contributed by atoms with E-state index >= 15 is 0 Å². The van der Waals surface area contributed by atoms with Crippen molar-refractivity contribution in [1.29, 1.82) is 0 Å². The van der Waals surface area contributed by atoms with Crippen molar-refractivity contribution in [2.45, 2.75) is 45.4 Å². The third-order valence-corrected chi connectivity index (χ3v) is 4.94. The Morgan fingerprint density at radius 2 is 1.64 bits per heavy atom. The number of ether oxygens (including phenoxy) is 2. The number of carbonyl (C=O) groups is 2. The highest BCUT2D eigenvalue weighted by molar-refractivity contribution is 6.27. The minimum Gasteiger partial charge on any atom is -0.494 e. The summed E-state index contributed by atoms with van der Waals surface area (Å²) in [6, 6.07) is 8.61. The van der Waals surface area contributed by atoms with Crippen LogP contribution in [0.5, 0.6) is 5.75 Å². The van der Waals surface area contributed by atoms with Crippen LogP contribution in [0.15, 0.2) is 24.3 Å². The Balaban J connectivity index is 0.000000568. The second-order valence-corrected chi connectivity index (χ2v) is 7.38. The average Bonchev–Trinajstić information content (AvgIpc) is 2.69. The van der Waals surface area contributed by atoms with Crippen molar-refractivity contribution in [3.63, 3.8) is 0 Å². The molecule has 1 aliphatic rings. The van der Waals surface area contributed by atoms with E-state index in [1.165, 1.54) is 12.0 Å². The van der Waals surface area contributed by atoms with Crippen LogP contribution >= 0.6 is 0 Å². The maximum absolute atomic E-state index is 9.10. The summed E-state index contributed by atoms with van der Waals surface area (Å²) in [5.41, 5.74) is 1.63. The summed E-state index contributed by atoms with van der Waals surface area (Å²) in [6.07, 6.45) is 3.45. The number of carboxylic acids is 2. The van der Waals surface area contributed by atoms with Gasteiger partial charge in [-0.05, 0) is 48.9 Å². The first kappa shape index (κ1) is 23.9. The van der Waals surface area contributed by atoms with Gasteiger partial charge in [0, 0.05) is 13.1 Å². The number of hydrogen-bond acceptors (Lipinski definition) is 5. The lowest BCUT2D eigenvalue weighted by molar-refractivity contribution is -0.159. The molecule has 0 unspecified atom stereocenters. The van der Waals surface area contributed by atoms with Crippen LogP contribution in [0, 0.1) is 0 Å². The molecule has 1 aliphatic heterocycles. The summed E-state index contributed by atoms with van der Waals surface area (Å²) in [7, 11) is 0. The van der Waals surface area contributed by atoms with Crippen molar-refractivity contribution in [1.82, 2.24) is 4.90 Å². The van der Waals surface area contributed by atoms with E-state index in [-0.39, 0.29) is 5.41 Å². The quantitative estimate of drug-likeness (QED) is 0.516. The lowest BCUT2D eigenvalue weighted by atomic mass is 9.82. The summed E-state index contributed by atoms with van der Waals surface area (Å²) < 4.78 is 11.2. The fraction of sp³-hybridized carbons (Fsp3) is 0.619.